The molecule has 0 aliphatic rings. The summed E-state index contributed by atoms with van der Waals surface area (Å²) in [6.07, 6.45) is 1.61. The molecule has 0 fully saturated rings. The summed E-state index contributed by atoms with van der Waals surface area (Å²) in [4.78, 5) is 12.0. The number of nitrogens with zero attached hydrogens (tertiary/aromatic N) is 3. The molecule has 1 aromatic heterocycles. The van der Waals surface area contributed by atoms with Gasteiger partial charge in [0.2, 0.25) is 0 Å². The van der Waals surface area contributed by atoms with Gasteiger partial charge in [-0.05, 0) is 31.5 Å². The third kappa shape index (κ3) is 3.83. The maximum atomic E-state index is 12.0. The van der Waals surface area contributed by atoms with Crippen molar-refractivity contribution in [2.24, 2.45) is 0 Å². The number of nitriles is 1. The molecule has 0 spiro atoms. The molecule has 21 heavy (non-hydrogen) atoms. The summed E-state index contributed by atoms with van der Waals surface area (Å²) in [6, 6.07) is 8.73. The molecule has 5 nitrogen and oxygen atoms in total. The molecule has 1 aromatic carbocycles. The third-order valence-corrected chi connectivity index (χ3v) is 3.18. The number of anilines is 1. The molecule has 0 amide bonds. The fourth-order valence-corrected chi connectivity index (χ4v) is 2.11. The Morgan fingerprint density at radius 3 is 2.76 bits per heavy atom. The first-order valence-electron chi connectivity index (χ1n) is 6.52. The van der Waals surface area contributed by atoms with Crippen LogP contribution in [0.25, 0.3) is 0 Å². The Hall–Kier alpha value is -2.32. The van der Waals surface area contributed by atoms with Crippen LogP contribution < -0.4 is 10.9 Å². The fraction of sp³-hybridized carbons (Fsp3) is 0.267. The van der Waals surface area contributed by atoms with E-state index in [0.29, 0.717) is 16.3 Å². The van der Waals surface area contributed by atoms with E-state index in [1.54, 1.807) is 24.4 Å². The van der Waals surface area contributed by atoms with Gasteiger partial charge in [0.25, 0.3) is 5.56 Å². The Morgan fingerprint density at radius 1 is 1.43 bits per heavy atom. The maximum absolute atomic E-state index is 12.0. The predicted octanol–water partition coefficient (Wildman–Crippen LogP) is 2.64. The van der Waals surface area contributed by atoms with Gasteiger partial charge < -0.3 is 5.32 Å². The van der Waals surface area contributed by atoms with Crippen molar-refractivity contribution >= 4 is 17.3 Å². The van der Waals surface area contributed by atoms with Crippen LogP contribution >= 0.6 is 11.6 Å². The molecule has 0 aliphatic heterocycles. The number of hydrogen-bond donors (Lipinski definition) is 1. The zero-order valence-electron chi connectivity index (χ0n) is 11.8. The van der Waals surface area contributed by atoms with Gasteiger partial charge in [-0.25, -0.2) is 4.68 Å². The van der Waals surface area contributed by atoms with E-state index in [4.69, 9.17) is 16.9 Å². The van der Waals surface area contributed by atoms with E-state index in [1.807, 2.05) is 19.9 Å². The van der Waals surface area contributed by atoms with Crippen molar-refractivity contribution in [3.05, 3.63) is 57.0 Å². The average Bonchev–Trinajstić information content (AvgIpc) is 2.43. The number of aromatic nitrogens is 2. The summed E-state index contributed by atoms with van der Waals surface area (Å²) in [7, 11) is 0. The first kappa shape index (κ1) is 15.1. The SMILES string of the molecule is CC(C)Nc1cnn(Cc2ccc(C#N)cc2Cl)c(=O)c1. The zero-order valence-corrected chi connectivity index (χ0v) is 12.6. The van der Waals surface area contributed by atoms with Gasteiger partial charge in [0.15, 0.2) is 0 Å². The van der Waals surface area contributed by atoms with Crippen LogP contribution in [0.15, 0.2) is 35.3 Å². The minimum absolute atomic E-state index is 0.207. The highest BCUT2D eigenvalue weighted by Crippen LogP contribution is 2.18. The van der Waals surface area contributed by atoms with Crippen LogP contribution in [0.2, 0.25) is 5.02 Å². The molecule has 1 heterocycles. The first-order valence-corrected chi connectivity index (χ1v) is 6.89. The lowest BCUT2D eigenvalue weighted by Gasteiger charge is -2.11. The van der Waals surface area contributed by atoms with E-state index < -0.39 is 0 Å². The van der Waals surface area contributed by atoms with Crippen molar-refractivity contribution in [1.29, 1.82) is 5.26 Å². The van der Waals surface area contributed by atoms with Crippen molar-refractivity contribution in [2.75, 3.05) is 5.32 Å². The van der Waals surface area contributed by atoms with E-state index in [-0.39, 0.29) is 18.1 Å². The smallest absolute Gasteiger partial charge is 0.269 e. The summed E-state index contributed by atoms with van der Waals surface area (Å²) in [5, 5.41) is 16.5. The van der Waals surface area contributed by atoms with Gasteiger partial charge in [0, 0.05) is 17.1 Å². The van der Waals surface area contributed by atoms with Crippen molar-refractivity contribution < 1.29 is 0 Å². The fourth-order valence-electron chi connectivity index (χ4n) is 1.87. The van der Waals surface area contributed by atoms with Gasteiger partial charge in [0.05, 0.1) is 30.1 Å². The van der Waals surface area contributed by atoms with Crippen LogP contribution in [0.1, 0.15) is 25.0 Å². The van der Waals surface area contributed by atoms with Crippen LogP contribution in [0.3, 0.4) is 0 Å². The summed E-state index contributed by atoms with van der Waals surface area (Å²) < 4.78 is 1.33. The number of benzene rings is 1. The largest absolute Gasteiger partial charge is 0.381 e. The molecule has 1 N–H and O–H groups in total. The monoisotopic (exact) mass is 302 g/mol. The highest BCUT2D eigenvalue weighted by atomic mass is 35.5. The minimum atomic E-state index is -0.207. The molecule has 0 atom stereocenters. The molecule has 0 saturated heterocycles. The van der Waals surface area contributed by atoms with Crippen molar-refractivity contribution in [1.82, 2.24) is 9.78 Å². The topological polar surface area (TPSA) is 70.7 Å². The third-order valence-electron chi connectivity index (χ3n) is 2.83. The summed E-state index contributed by atoms with van der Waals surface area (Å²) in [5.74, 6) is 0. The Bertz CT molecular complexity index is 746. The summed E-state index contributed by atoms with van der Waals surface area (Å²) in [5.41, 5.74) is 1.72. The normalized spacial score (nSPS) is 10.4. The molecular weight excluding hydrogens is 288 g/mol. The van der Waals surface area contributed by atoms with Crippen LogP contribution in [-0.2, 0) is 6.54 Å². The molecule has 2 rings (SSSR count). The van der Waals surface area contributed by atoms with Gasteiger partial charge in [-0.1, -0.05) is 17.7 Å². The summed E-state index contributed by atoms with van der Waals surface area (Å²) in [6.45, 7) is 4.25. The molecule has 0 radical (unpaired) electrons. The van der Waals surface area contributed by atoms with Crippen LogP contribution in [0, 0.1) is 11.3 Å². The highest BCUT2D eigenvalue weighted by Gasteiger charge is 2.06. The van der Waals surface area contributed by atoms with Crippen molar-refractivity contribution in [3.8, 4) is 6.07 Å². The Labute approximate surface area is 127 Å². The van der Waals surface area contributed by atoms with Crippen LogP contribution in [0.4, 0.5) is 5.69 Å². The van der Waals surface area contributed by atoms with Crippen LogP contribution in [0.5, 0.6) is 0 Å². The standard InChI is InChI=1S/C15H15ClN4O/c1-10(2)19-13-6-15(21)20(18-8-13)9-12-4-3-11(7-17)5-14(12)16/h3-6,8,10,19H,9H2,1-2H3. The molecular formula is C15H15ClN4O. The second-order valence-corrected chi connectivity index (χ2v) is 5.36. The maximum Gasteiger partial charge on any atom is 0.269 e. The van der Waals surface area contributed by atoms with Crippen molar-refractivity contribution in [3.63, 3.8) is 0 Å². The van der Waals surface area contributed by atoms with Gasteiger partial charge in [-0.15, -0.1) is 0 Å². The first-order chi connectivity index (χ1) is 9.99. The number of halogens is 1. The van der Waals surface area contributed by atoms with E-state index >= 15 is 0 Å². The van der Waals surface area contributed by atoms with E-state index in [0.717, 1.165) is 5.56 Å². The number of rotatable bonds is 4. The second-order valence-electron chi connectivity index (χ2n) is 4.96. The number of hydrogen-bond acceptors (Lipinski definition) is 4. The van der Waals surface area contributed by atoms with Crippen molar-refractivity contribution in [2.45, 2.75) is 26.4 Å². The second kappa shape index (κ2) is 6.42. The zero-order chi connectivity index (χ0) is 15.4. The lowest BCUT2D eigenvalue weighted by Crippen LogP contribution is -2.24. The molecule has 108 valence electrons. The number of nitrogens with one attached hydrogen (secondary N) is 1. The quantitative estimate of drug-likeness (QED) is 0.942. The molecule has 6 heteroatoms. The molecule has 2 aromatic rings. The highest BCUT2D eigenvalue weighted by molar-refractivity contribution is 6.31. The van der Waals surface area contributed by atoms with Gasteiger partial charge >= 0.3 is 0 Å². The molecule has 0 bridgehead atoms. The van der Waals surface area contributed by atoms with E-state index in [1.165, 1.54) is 10.7 Å². The van der Waals surface area contributed by atoms with E-state index in [9.17, 15) is 4.79 Å². The Morgan fingerprint density at radius 2 is 2.19 bits per heavy atom. The molecule has 0 unspecified atom stereocenters. The Balaban J connectivity index is 2.24. The molecule has 0 aliphatic carbocycles. The van der Waals surface area contributed by atoms with Gasteiger partial charge in [-0.2, -0.15) is 10.4 Å². The van der Waals surface area contributed by atoms with Gasteiger partial charge in [0.1, 0.15) is 0 Å². The predicted molar refractivity (Wildman–Crippen MR) is 82.5 cm³/mol. The van der Waals surface area contributed by atoms with E-state index in [2.05, 4.69) is 10.4 Å². The average molecular weight is 303 g/mol. The minimum Gasteiger partial charge on any atom is -0.381 e. The van der Waals surface area contributed by atoms with Gasteiger partial charge in [-0.3, -0.25) is 4.79 Å². The Kier molecular flexibility index (Phi) is 4.61. The lowest BCUT2D eigenvalue weighted by molar-refractivity contribution is 0.639. The lowest BCUT2D eigenvalue weighted by atomic mass is 10.1. The van der Waals surface area contributed by atoms with Crippen LogP contribution in [-0.4, -0.2) is 15.8 Å². The molecule has 0 saturated carbocycles. The summed E-state index contributed by atoms with van der Waals surface area (Å²) >= 11 is 6.10.